The molecule has 1 saturated heterocycles. The minimum atomic E-state index is 0.488. The van der Waals surface area contributed by atoms with Crippen molar-refractivity contribution in [3.63, 3.8) is 0 Å². The maximum absolute atomic E-state index is 10.7. The number of hydrogen-bond acceptors (Lipinski definition) is 6. The maximum atomic E-state index is 10.7. The maximum Gasteiger partial charge on any atom is 0.263 e. The van der Waals surface area contributed by atoms with E-state index in [1.54, 1.807) is 43.8 Å². The van der Waals surface area contributed by atoms with Gasteiger partial charge in [0.15, 0.2) is 5.82 Å². The first-order valence-corrected chi connectivity index (χ1v) is 8.08. The van der Waals surface area contributed by atoms with Crippen molar-refractivity contribution >= 4 is 12.1 Å². The van der Waals surface area contributed by atoms with Gasteiger partial charge in [-0.2, -0.15) is 0 Å². The van der Waals surface area contributed by atoms with Gasteiger partial charge in [0.2, 0.25) is 0 Å². The summed E-state index contributed by atoms with van der Waals surface area (Å²) in [4.78, 5) is 21.7. The summed E-state index contributed by atoms with van der Waals surface area (Å²) in [5.41, 5.74) is 0.613. The number of aldehydes is 1. The average molecular weight is 327 g/mol. The number of nitrogens with zero attached hydrogens (tertiary/aromatic N) is 3. The van der Waals surface area contributed by atoms with Crippen LogP contribution in [0.5, 0.6) is 11.6 Å². The lowest BCUT2D eigenvalue weighted by Gasteiger charge is -2.32. The summed E-state index contributed by atoms with van der Waals surface area (Å²) in [7, 11) is 1.75. The molecule has 1 aliphatic rings. The van der Waals surface area contributed by atoms with Gasteiger partial charge in [0.25, 0.3) is 5.88 Å². The van der Waals surface area contributed by atoms with Crippen LogP contribution in [0.2, 0.25) is 0 Å². The van der Waals surface area contributed by atoms with E-state index >= 15 is 0 Å². The molecular weight excluding hydrogens is 306 g/mol. The van der Waals surface area contributed by atoms with E-state index in [1.807, 2.05) is 0 Å². The Morgan fingerprint density at radius 1 is 1.17 bits per heavy atom. The van der Waals surface area contributed by atoms with Crippen molar-refractivity contribution in [1.82, 2.24) is 9.97 Å². The number of anilines is 1. The molecule has 1 aromatic heterocycles. The average Bonchev–Trinajstić information content (AvgIpc) is 2.64. The molecule has 0 radical (unpaired) electrons. The lowest BCUT2D eigenvalue weighted by molar-refractivity contribution is 0.112. The summed E-state index contributed by atoms with van der Waals surface area (Å²) in [5, 5.41) is 0. The van der Waals surface area contributed by atoms with Gasteiger partial charge in [0.05, 0.1) is 0 Å². The molecule has 2 aromatic rings. The van der Waals surface area contributed by atoms with Crippen molar-refractivity contribution in [1.29, 1.82) is 0 Å². The molecule has 0 bridgehead atoms. The van der Waals surface area contributed by atoms with E-state index in [-0.39, 0.29) is 0 Å². The molecule has 0 atom stereocenters. The summed E-state index contributed by atoms with van der Waals surface area (Å²) in [6.07, 6.45) is 6.24. The molecule has 0 N–H and O–H groups in total. The number of ether oxygens (including phenoxy) is 2. The highest BCUT2D eigenvalue weighted by Crippen LogP contribution is 2.30. The highest BCUT2D eigenvalue weighted by atomic mass is 16.5. The van der Waals surface area contributed by atoms with Gasteiger partial charge < -0.3 is 14.4 Å². The molecule has 0 spiro atoms. The highest BCUT2D eigenvalue weighted by Gasteiger charge is 2.23. The molecule has 0 unspecified atom stereocenters. The summed E-state index contributed by atoms with van der Waals surface area (Å²) < 4.78 is 11.1. The Morgan fingerprint density at radius 3 is 2.54 bits per heavy atom. The number of piperidine rings is 1. The fourth-order valence-electron chi connectivity index (χ4n) is 2.88. The van der Waals surface area contributed by atoms with Crippen LogP contribution in [0.25, 0.3) is 0 Å². The van der Waals surface area contributed by atoms with E-state index in [9.17, 15) is 4.79 Å². The number of rotatable bonds is 6. The van der Waals surface area contributed by atoms with Crippen LogP contribution < -0.4 is 9.64 Å². The first-order valence-electron chi connectivity index (χ1n) is 8.08. The quantitative estimate of drug-likeness (QED) is 0.760. The number of carbonyl (C=O) groups is 1. The largest absolute Gasteiger partial charge is 0.436 e. The monoisotopic (exact) mass is 327 g/mol. The highest BCUT2D eigenvalue weighted by molar-refractivity contribution is 5.74. The zero-order chi connectivity index (χ0) is 16.8. The van der Waals surface area contributed by atoms with Crippen LogP contribution in [0.15, 0.2) is 36.7 Å². The standard InChI is InChI=1S/C18H21N3O3/c1-23-13-15-6-10-21(11-7-15)17-18(20-9-8-19-17)24-16-4-2-14(12-22)3-5-16/h2-5,8-9,12,15H,6-7,10-11,13H2,1H3. The van der Waals surface area contributed by atoms with Crippen molar-refractivity contribution in [2.45, 2.75) is 12.8 Å². The summed E-state index contributed by atoms with van der Waals surface area (Å²) in [6, 6.07) is 6.95. The van der Waals surface area contributed by atoms with E-state index in [2.05, 4.69) is 14.9 Å². The Morgan fingerprint density at radius 2 is 1.88 bits per heavy atom. The Hall–Kier alpha value is -2.47. The van der Waals surface area contributed by atoms with E-state index < -0.39 is 0 Å². The van der Waals surface area contributed by atoms with E-state index in [4.69, 9.17) is 9.47 Å². The second-order valence-electron chi connectivity index (χ2n) is 5.86. The predicted molar refractivity (Wildman–Crippen MR) is 90.7 cm³/mol. The van der Waals surface area contributed by atoms with Gasteiger partial charge in [0, 0.05) is 44.8 Å². The Labute approximate surface area is 141 Å². The van der Waals surface area contributed by atoms with Gasteiger partial charge in [-0.3, -0.25) is 4.79 Å². The smallest absolute Gasteiger partial charge is 0.263 e. The molecule has 126 valence electrons. The molecular formula is C18H21N3O3. The first-order chi connectivity index (χ1) is 11.8. The second kappa shape index (κ2) is 7.88. The van der Waals surface area contributed by atoms with Gasteiger partial charge in [0.1, 0.15) is 12.0 Å². The molecule has 0 aliphatic carbocycles. The number of aromatic nitrogens is 2. The SMILES string of the molecule is COCC1CCN(c2nccnc2Oc2ccc(C=O)cc2)CC1. The molecule has 6 heteroatoms. The summed E-state index contributed by atoms with van der Waals surface area (Å²) >= 11 is 0. The third-order valence-corrected chi connectivity index (χ3v) is 4.19. The topological polar surface area (TPSA) is 64.6 Å². The van der Waals surface area contributed by atoms with Crippen LogP contribution in [-0.2, 0) is 4.74 Å². The van der Waals surface area contributed by atoms with Gasteiger partial charge in [-0.05, 0) is 43.0 Å². The van der Waals surface area contributed by atoms with Crippen LogP contribution in [0.1, 0.15) is 23.2 Å². The van der Waals surface area contributed by atoms with Crippen LogP contribution in [0, 0.1) is 5.92 Å². The molecule has 0 amide bonds. The lowest BCUT2D eigenvalue weighted by atomic mass is 9.98. The number of carbonyl (C=O) groups excluding carboxylic acids is 1. The van der Waals surface area contributed by atoms with Crippen LogP contribution in [0.4, 0.5) is 5.82 Å². The minimum absolute atomic E-state index is 0.488. The minimum Gasteiger partial charge on any atom is -0.436 e. The van der Waals surface area contributed by atoms with Crippen molar-refractivity contribution in [3.05, 3.63) is 42.2 Å². The Balaban J connectivity index is 1.72. The van der Waals surface area contributed by atoms with Gasteiger partial charge in [-0.15, -0.1) is 0 Å². The summed E-state index contributed by atoms with van der Waals surface area (Å²) in [6.45, 7) is 2.63. The second-order valence-corrected chi connectivity index (χ2v) is 5.86. The third-order valence-electron chi connectivity index (χ3n) is 4.19. The molecule has 1 aliphatic heterocycles. The first kappa shape index (κ1) is 16.4. The molecule has 24 heavy (non-hydrogen) atoms. The van der Waals surface area contributed by atoms with Crippen LogP contribution >= 0.6 is 0 Å². The van der Waals surface area contributed by atoms with E-state index in [0.717, 1.165) is 44.6 Å². The zero-order valence-electron chi connectivity index (χ0n) is 13.7. The fraction of sp³-hybridized carbons (Fsp3) is 0.389. The number of benzene rings is 1. The number of hydrogen-bond donors (Lipinski definition) is 0. The molecule has 2 heterocycles. The molecule has 0 saturated carbocycles. The molecule has 6 nitrogen and oxygen atoms in total. The van der Waals surface area contributed by atoms with Crippen molar-refractivity contribution in [2.24, 2.45) is 5.92 Å². The van der Waals surface area contributed by atoms with Crippen LogP contribution in [-0.4, -0.2) is 43.1 Å². The number of methoxy groups -OCH3 is 1. The lowest BCUT2D eigenvalue weighted by Crippen LogP contribution is -2.35. The third kappa shape index (κ3) is 3.89. The van der Waals surface area contributed by atoms with Crippen molar-refractivity contribution in [3.8, 4) is 11.6 Å². The predicted octanol–water partition coefficient (Wildman–Crippen LogP) is 2.94. The molecule has 3 rings (SSSR count). The van der Waals surface area contributed by atoms with Crippen molar-refractivity contribution in [2.75, 3.05) is 31.7 Å². The van der Waals surface area contributed by atoms with Crippen LogP contribution in [0.3, 0.4) is 0 Å². The van der Waals surface area contributed by atoms with Crippen molar-refractivity contribution < 1.29 is 14.3 Å². The van der Waals surface area contributed by atoms with Gasteiger partial charge >= 0.3 is 0 Å². The Bertz CT molecular complexity index is 667. The normalized spacial score (nSPS) is 15.3. The Kier molecular flexibility index (Phi) is 5.38. The fourth-order valence-corrected chi connectivity index (χ4v) is 2.88. The van der Waals surface area contributed by atoms with Gasteiger partial charge in [-0.25, -0.2) is 9.97 Å². The molecule has 1 aromatic carbocycles. The molecule has 1 fully saturated rings. The van der Waals surface area contributed by atoms with E-state index in [0.29, 0.717) is 23.1 Å². The zero-order valence-corrected chi connectivity index (χ0v) is 13.7. The summed E-state index contributed by atoms with van der Waals surface area (Å²) in [5.74, 6) is 2.48. The van der Waals surface area contributed by atoms with Gasteiger partial charge in [-0.1, -0.05) is 0 Å². The van der Waals surface area contributed by atoms with E-state index in [1.165, 1.54) is 0 Å².